The minimum atomic E-state index is -0.0833. The van der Waals surface area contributed by atoms with Crippen molar-refractivity contribution < 1.29 is 9.53 Å². The number of benzene rings is 2. The summed E-state index contributed by atoms with van der Waals surface area (Å²) in [5, 5.41) is 7.76. The van der Waals surface area contributed by atoms with Crippen molar-refractivity contribution in [2.75, 3.05) is 19.8 Å². The monoisotopic (exact) mass is 361 g/mol. The van der Waals surface area contributed by atoms with Gasteiger partial charge in [-0.25, -0.2) is 0 Å². The van der Waals surface area contributed by atoms with E-state index in [1.165, 1.54) is 0 Å². The SMILES string of the molecule is O=C(NCC1CCOC1)c1cn(Cc2ccccc2)nc1-c1ccccc1. The molecule has 0 saturated carbocycles. The maximum Gasteiger partial charge on any atom is 0.255 e. The molecular weight excluding hydrogens is 338 g/mol. The first kappa shape index (κ1) is 17.5. The molecule has 2 heterocycles. The molecule has 1 aromatic heterocycles. The molecule has 27 heavy (non-hydrogen) atoms. The summed E-state index contributed by atoms with van der Waals surface area (Å²) in [7, 11) is 0. The van der Waals surface area contributed by atoms with Crippen molar-refractivity contribution in [3.8, 4) is 11.3 Å². The van der Waals surface area contributed by atoms with Gasteiger partial charge < -0.3 is 10.1 Å². The van der Waals surface area contributed by atoms with Crippen LogP contribution in [-0.4, -0.2) is 35.4 Å². The molecule has 1 N–H and O–H groups in total. The second kappa shape index (κ2) is 8.18. The molecule has 3 aromatic rings. The fourth-order valence-electron chi connectivity index (χ4n) is 3.32. The first-order valence-corrected chi connectivity index (χ1v) is 9.32. The van der Waals surface area contributed by atoms with Crippen LogP contribution in [0.15, 0.2) is 66.9 Å². The summed E-state index contributed by atoms with van der Waals surface area (Å²) in [5.74, 6) is 0.313. The Morgan fingerprint density at radius 1 is 1.11 bits per heavy atom. The summed E-state index contributed by atoms with van der Waals surface area (Å²) in [6, 6.07) is 20.0. The minimum absolute atomic E-state index is 0.0833. The van der Waals surface area contributed by atoms with Crippen LogP contribution in [0, 0.1) is 5.92 Å². The topological polar surface area (TPSA) is 56.1 Å². The second-order valence-electron chi connectivity index (χ2n) is 6.88. The molecule has 1 fully saturated rings. The van der Waals surface area contributed by atoms with Crippen molar-refractivity contribution in [3.63, 3.8) is 0 Å². The van der Waals surface area contributed by atoms with E-state index in [1.807, 2.05) is 59.4 Å². The van der Waals surface area contributed by atoms with Gasteiger partial charge in [0.1, 0.15) is 5.69 Å². The first-order valence-electron chi connectivity index (χ1n) is 9.32. The average Bonchev–Trinajstić information content (AvgIpc) is 3.38. The van der Waals surface area contributed by atoms with E-state index in [4.69, 9.17) is 9.84 Å². The van der Waals surface area contributed by atoms with Gasteiger partial charge in [0.15, 0.2) is 0 Å². The Morgan fingerprint density at radius 2 is 1.85 bits per heavy atom. The number of carbonyl (C=O) groups is 1. The van der Waals surface area contributed by atoms with Crippen LogP contribution in [0.2, 0.25) is 0 Å². The number of nitrogens with zero attached hydrogens (tertiary/aromatic N) is 2. The van der Waals surface area contributed by atoms with E-state index in [0.29, 0.717) is 30.3 Å². The quantitative estimate of drug-likeness (QED) is 0.732. The van der Waals surface area contributed by atoms with Gasteiger partial charge in [-0.1, -0.05) is 60.7 Å². The lowest BCUT2D eigenvalue weighted by Gasteiger charge is -2.09. The zero-order chi connectivity index (χ0) is 18.5. The molecule has 2 aromatic carbocycles. The molecule has 0 radical (unpaired) electrons. The molecule has 1 aliphatic heterocycles. The smallest absolute Gasteiger partial charge is 0.255 e. The summed E-state index contributed by atoms with van der Waals surface area (Å²) in [4.78, 5) is 12.9. The molecule has 1 saturated heterocycles. The van der Waals surface area contributed by atoms with E-state index in [2.05, 4.69) is 17.4 Å². The maximum absolute atomic E-state index is 12.9. The van der Waals surface area contributed by atoms with Crippen LogP contribution in [0.4, 0.5) is 0 Å². The number of carbonyl (C=O) groups excluding carboxylic acids is 1. The lowest BCUT2D eigenvalue weighted by Crippen LogP contribution is -2.29. The zero-order valence-corrected chi connectivity index (χ0v) is 15.2. The van der Waals surface area contributed by atoms with Crippen LogP contribution in [0.3, 0.4) is 0 Å². The number of nitrogens with one attached hydrogen (secondary N) is 1. The molecule has 5 heteroatoms. The Hall–Kier alpha value is -2.92. The Balaban J connectivity index is 1.58. The van der Waals surface area contributed by atoms with Gasteiger partial charge in [-0.3, -0.25) is 9.48 Å². The number of amides is 1. The number of ether oxygens (including phenoxy) is 1. The van der Waals surface area contributed by atoms with E-state index in [0.717, 1.165) is 30.8 Å². The fourth-order valence-corrected chi connectivity index (χ4v) is 3.32. The number of hydrogen-bond donors (Lipinski definition) is 1. The molecule has 5 nitrogen and oxygen atoms in total. The highest BCUT2D eigenvalue weighted by Gasteiger charge is 2.21. The molecular formula is C22H23N3O2. The van der Waals surface area contributed by atoms with Gasteiger partial charge >= 0.3 is 0 Å². The lowest BCUT2D eigenvalue weighted by molar-refractivity contribution is 0.0945. The van der Waals surface area contributed by atoms with Gasteiger partial charge in [0.2, 0.25) is 0 Å². The Kier molecular flexibility index (Phi) is 5.30. The predicted molar refractivity (Wildman–Crippen MR) is 104 cm³/mol. The highest BCUT2D eigenvalue weighted by atomic mass is 16.5. The van der Waals surface area contributed by atoms with Crippen molar-refractivity contribution in [1.82, 2.24) is 15.1 Å². The van der Waals surface area contributed by atoms with Crippen LogP contribution in [-0.2, 0) is 11.3 Å². The predicted octanol–water partition coefficient (Wildman–Crippen LogP) is 3.36. The number of rotatable bonds is 6. The Bertz CT molecular complexity index is 884. The van der Waals surface area contributed by atoms with Gasteiger partial charge in [0, 0.05) is 30.8 Å². The molecule has 0 bridgehead atoms. The third kappa shape index (κ3) is 4.26. The van der Waals surface area contributed by atoms with E-state index in [-0.39, 0.29) is 5.91 Å². The number of aromatic nitrogens is 2. The van der Waals surface area contributed by atoms with Crippen LogP contribution in [0.5, 0.6) is 0 Å². The molecule has 0 aliphatic carbocycles. The van der Waals surface area contributed by atoms with Crippen LogP contribution in [0.25, 0.3) is 11.3 Å². The zero-order valence-electron chi connectivity index (χ0n) is 15.2. The third-order valence-corrected chi connectivity index (χ3v) is 4.82. The first-order chi connectivity index (χ1) is 13.3. The summed E-state index contributed by atoms with van der Waals surface area (Å²) in [5.41, 5.74) is 3.41. The molecule has 138 valence electrons. The Labute approximate surface area is 159 Å². The van der Waals surface area contributed by atoms with Crippen molar-refractivity contribution in [2.24, 2.45) is 5.92 Å². The van der Waals surface area contributed by atoms with E-state index in [9.17, 15) is 4.79 Å². The third-order valence-electron chi connectivity index (χ3n) is 4.82. The highest BCUT2D eigenvalue weighted by Crippen LogP contribution is 2.22. The van der Waals surface area contributed by atoms with Gasteiger partial charge in [0.05, 0.1) is 18.7 Å². The van der Waals surface area contributed by atoms with Crippen molar-refractivity contribution in [3.05, 3.63) is 78.0 Å². The maximum atomic E-state index is 12.9. The molecule has 4 rings (SSSR count). The van der Waals surface area contributed by atoms with Gasteiger partial charge in [-0.15, -0.1) is 0 Å². The molecule has 1 aliphatic rings. The van der Waals surface area contributed by atoms with E-state index < -0.39 is 0 Å². The van der Waals surface area contributed by atoms with Crippen molar-refractivity contribution >= 4 is 5.91 Å². The van der Waals surface area contributed by atoms with E-state index in [1.54, 1.807) is 0 Å². The van der Waals surface area contributed by atoms with E-state index >= 15 is 0 Å². The Morgan fingerprint density at radius 3 is 2.56 bits per heavy atom. The highest BCUT2D eigenvalue weighted by molar-refractivity contribution is 5.99. The summed E-state index contributed by atoms with van der Waals surface area (Å²) in [6.07, 6.45) is 2.84. The van der Waals surface area contributed by atoms with Crippen molar-refractivity contribution in [2.45, 2.75) is 13.0 Å². The standard InChI is InChI=1S/C22H23N3O2/c26-22(23-13-18-11-12-27-16-18)20-15-25(14-17-7-3-1-4-8-17)24-21(20)19-9-5-2-6-10-19/h1-10,15,18H,11-14,16H2,(H,23,26). The van der Waals surface area contributed by atoms with Gasteiger partial charge in [-0.05, 0) is 12.0 Å². The lowest BCUT2D eigenvalue weighted by atomic mass is 10.1. The summed E-state index contributed by atoms with van der Waals surface area (Å²) in [6.45, 7) is 2.77. The molecule has 1 atom stereocenters. The summed E-state index contributed by atoms with van der Waals surface area (Å²) < 4.78 is 7.23. The minimum Gasteiger partial charge on any atom is -0.381 e. The molecule has 0 spiro atoms. The molecule has 1 unspecified atom stereocenters. The largest absolute Gasteiger partial charge is 0.381 e. The summed E-state index contributed by atoms with van der Waals surface area (Å²) >= 11 is 0. The van der Waals surface area contributed by atoms with Crippen molar-refractivity contribution in [1.29, 1.82) is 0 Å². The normalized spacial score (nSPS) is 16.4. The van der Waals surface area contributed by atoms with Gasteiger partial charge in [-0.2, -0.15) is 5.10 Å². The second-order valence-corrected chi connectivity index (χ2v) is 6.88. The van der Waals surface area contributed by atoms with Gasteiger partial charge in [0.25, 0.3) is 5.91 Å². The molecule has 1 amide bonds. The number of hydrogen-bond acceptors (Lipinski definition) is 3. The average molecular weight is 361 g/mol. The van der Waals surface area contributed by atoms with Crippen LogP contribution >= 0.6 is 0 Å². The van der Waals surface area contributed by atoms with Crippen LogP contribution in [0.1, 0.15) is 22.3 Å². The van der Waals surface area contributed by atoms with Crippen LogP contribution < -0.4 is 5.32 Å². The fraction of sp³-hybridized carbons (Fsp3) is 0.273.